The highest BCUT2D eigenvalue weighted by molar-refractivity contribution is 7.89. The van der Waals surface area contributed by atoms with Gasteiger partial charge in [0.1, 0.15) is 10.6 Å². The fourth-order valence-corrected chi connectivity index (χ4v) is 5.40. The average Bonchev–Trinajstić information content (AvgIpc) is 3.00. The van der Waals surface area contributed by atoms with Gasteiger partial charge >= 0.3 is 0 Å². The molecule has 0 radical (unpaired) electrons. The summed E-state index contributed by atoms with van der Waals surface area (Å²) in [6.07, 6.45) is 7.98. The number of rotatable bonds is 6. The molecule has 1 N–H and O–H groups in total. The number of sulfonamides is 1. The van der Waals surface area contributed by atoms with Gasteiger partial charge < -0.3 is 0 Å². The van der Waals surface area contributed by atoms with Gasteiger partial charge in [0, 0.05) is 17.8 Å². The molecule has 1 aliphatic carbocycles. The van der Waals surface area contributed by atoms with Gasteiger partial charge in [-0.25, -0.2) is 13.1 Å². The van der Waals surface area contributed by atoms with Crippen molar-refractivity contribution in [2.24, 2.45) is 0 Å². The van der Waals surface area contributed by atoms with E-state index < -0.39 is 10.0 Å². The first kappa shape index (κ1) is 19.9. The molecule has 1 aromatic heterocycles. The molecule has 0 saturated heterocycles. The van der Waals surface area contributed by atoms with Crippen molar-refractivity contribution in [1.82, 2.24) is 14.5 Å². The Morgan fingerprint density at radius 2 is 1.52 bits per heavy atom. The van der Waals surface area contributed by atoms with Gasteiger partial charge in [-0.15, -0.1) is 0 Å². The maximum Gasteiger partial charge on any atom is 0.244 e. The molecule has 152 valence electrons. The first-order valence-electron chi connectivity index (χ1n) is 10.3. The normalized spacial score (nSPS) is 15.9. The summed E-state index contributed by atoms with van der Waals surface area (Å²) in [5.74, 6) is 0. The Bertz CT molecular complexity index is 1020. The predicted octanol–water partition coefficient (Wildman–Crippen LogP) is 4.60. The largest absolute Gasteiger partial charge is 0.266 e. The van der Waals surface area contributed by atoms with Crippen LogP contribution < -0.4 is 4.72 Å². The van der Waals surface area contributed by atoms with Crippen molar-refractivity contribution >= 4 is 10.0 Å². The van der Waals surface area contributed by atoms with E-state index in [1.54, 1.807) is 10.9 Å². The molecular formula is C23H27N3O2S. The summed E-state index contributed by atoms with van der Waals surface area (Å²) in [6, 6.07) is 19.5. The molecule has 5 nitrogen and oxygen atoms in total. The summed E-state index contributed by atoms with van der Waals surface area (Å²) >= 11 is 0. The Kier molecular flexibility index (Phi) is 6.11. The summed E-state index contributed by atoms with van der Waals surface area (Å²) < 4.78 is 31.3. The third-order valence-electron chi connectivity index (χ3n) is 5.43. The first-order chi connectivity index (χ1) is 14.1. The van der Waals surface area contributed by atoms with E-state index in [0.29, 0.717) is 12.2 Å². The zero-order valence-electron chi connectivity index (χ0n) is 16.5. The van der Waals surface area contributed by atoms with Crippen LogP contribution in [0.2, 0.25) is 0 Å². The maximum atomic E-state index is 13.3. The number of nitrogens with zero attached hydrogens (tertiary/aromatic N) is 2. The quantitative estimate of drug-likeness (QED) is 0.605. The smallest absolute Gasteiger partial charge is 0.244 e. The second kappa shape index (κ2) is 8.93. The van der Waals surface area contributed by atoms with E-state index in [1.165, 1.54) is 12.8 Å². The van der Waals surface area contributed by atoms with Gasteiger partial charge in [0.25, 0.3) is 0 Å². The lowest BCUT2D eigenvalue weighted by Crippen LogP contribution is -2.34. The molecule has 29 heavy (non-hydrogen) atoms. The number of hydrogen-bond donors (Lipinski definition) is 1. The fourth-order valence-electron chi connectivity index (χ4n) is 3.93. The molecule has 0 unspecified atom stereocenters. The zero-order valence-corrected chi connectivity index (χ0v) is 17.3. The number of benzene rings is 2. The highest BCUT2D eigenvalue weighted by atomic mass is 32.2. The van der Waals surface area contributed by atoms with Crippen molar-refractivity contribution < 1.29 is 8.42 Å². The van der Waals surface area contributed by atoms with Crippen LogP contribution in [0.15, 0.2) is 71.8 Å². The molecule has 3 aromatic rings. The molecule has 4 rings (SSSR count). The van der Waals surface area contributed by atoms with Crippen LogP contribution in [-0.4, -0.2) is 24.2 Å². The first-order valence-corrected chi connectivity index (χ1v) is 11.8. The zero-order chi connectivity index (χ0) is 20.1. The molecule has 0 aliphatic heterocycles. The fraction of sp³-hybridized carbons (Fsp3) is 0.348. The average molecular weight is 410 g/mol. The molecule has 1 saturated carbocycles. The van der Waals surface area contributed by atoms with Gasteiger partial charge in [0.05, 0.1) is 6.54 Å². The van der Waals surface area contributed by atoms with E-state index in [4.69, 9.17) is 0 Å². The van der Waals surface area contributed by atoms with E-state index in [-0.39, 0.29) is 10.9 Å². The standard InChI is InChI=1S/C23H27N3O2S/c27-29(28,25-21-15-9-1-2-10-16-21)22-18-26(17-19-11-5-3-6-12-19)24-23(22)20-13-7-4-8-14-20/h3-8,11-14,18,21,25H,1-2,9-10,15-17H2. The van der Waals surface area contributed by atoms with Crippen molar-refractivity contribution in [2.45, 2.75) is 56.0 Å². The number of hydrogen-bond acceptors (Lipinski definition) is 3. The highest BCUT2D eigenvalue weighted by Crippen LogP contribution is 2.27. The van der Waals surface area contributed by atoms with Gasteiger partial charge in [0.15, 0.2) is 0 Å². The molecule has 0 spiro atoms. The van der Waals surface area contributed by atoms with Crippen molar-refractivity contribution in [2.75, 3.05) is 0 Å². The summed E-state index contributed by atoms with van der Waals surface area (Å²) in [7, 11) is -3.66. The van der Waals surface area contributed by atoms with Crippen LogP contribution in [0.3, 0.4) is 0 Å². The lowest BCUT2D eigenvalue weighted by atomic mass is 10.1. The molecule has 0 bridgehead atoms. The van der Waals surface area contributed by atoms with E-state index in [1.807, 2.05) is 60.7 Å². The van der Waals surface area contributed by atoms with Crippen molar-refractivity contribution in [3.63, 3.8) is 0 Å². The minimum Gasteiger partial charge on any atom is -0.266 e. The summed E-state index contributed by atoms with van der Waals surface area (Å²) in [5, 5.41) is 4.65. The van der Waals surface area contributed by atoms with Gasteiger partial charge in [-0.1, -0.05) is 86.3 Å². The number of aromatic nitrogens is 2. The maximum absolute atomic E-state index is 13.3. The lowest BCUT2D eigenvalue weighted by molar-refractivity contribution is 0.510. The van der Waals surface area contributed by atoms with Crippen LogP contribution in [0.25, 0.3) is 11.3 Å². The lowest BCUT2D eigenvalue weighted by Gasteiger charge is -2.16. The van der Waals surface area contributed by atoms with Crippen LogP contribution in [0.5, 0.6) is 0 Å². The second-order valence-electron chi connectivity index (χ2n) is 7.70. The van der Waals surface area contributed by atoms with E-state index in [2.05, 4.69) is 9.82 Å². The molecule has 1 fully saturated rings. The molecule has 0 atom stereocenters. The molecule has 2 aromatic carbocycles. The monoisotopic (exact) mass is 409 g/mol. The van der Waals surface area contributed by atoms with Crippen LogP contribution >= 0.6 is 0 Å². The topological polar surface area (TPSA) is 64.0 Å². The van der Waals surface area contributed by atoms with Crippen LogP contribution in [-0.2, 0) is 16.6 Å². The van der Waals surface area contributed by atoms with Crippen molar-refractivity contribution in [1.29, 1.82) is 0 Å². The predicted molar refractivity (Wildman–Crippen MR) is 115 cm³/mol. The third kappa shape index (κ3) is 4.95. The minimum atomic E-state index is -3.66. The highest BCUT2D eigenvalue weighted by Gasteiger charge is 2.27. The van der Waals surface area contributed by atoms with Crippen molar-refractivity contribution in [3.8, 4) is 11.3 Å². The molecule has 1 aliphatic rings. The van der Waals surface area contributed by atoms with E-state index >= 15 is 0 Å². The third-order valence-corrected chi connectivity index (χ3v) is 6.95. The Morgan fingerprint density at radius 3 is 2.17 bits per heavy atom. The molecule has 1 heterocycles. The summed E-state index contributed by atoms with van der Waals surface area (Å²) in [4.78, 5) is 0.254. The Balaban J connectivity index is 1.68. The van der Waals surface area contributed by atoms with Gasteiger partial charge in [0.2, 0.25) is 10.0 Å². The Hall–Kier alpha value is -2.44. The summed E-state index contributed by atoms with van der Waals surface area (Å²) in [5.41, 5.74) is 2.39. The minimum absolute atomic E-state index is 0.00333. The Morgan fingerprint density at radius 1 is 0.897 bits per heavy atom. The van der Waals surface area contributed by atoms with Crippen LogP contribution in [0.1, 0.15) is 44.1 Å². The van der Waals surface area contributed by atoms with Crippen molar-refractivity contribution in [3.05, 3.63) is 72.4 Å². The van der Waals surface area contributed by atoms with Crippen LogP contribution in [0, 0.1) is 0 Å². The van der Waals surface area contributed by atoms with E-state index in [9.17, 15) is 8.42 Å². The van der Waals surface area contributed by atoms with Gasteiger partial charge in [-0.05, 0) is 18.4 Å². The molecule has 0 amide bonds. The van der Waals surface area contributed by atoms with Gasteiger partial charge in [-0.3, -0.25) is 4.68 Å². The second-order valence-corrected chi connectivity index (χ2v) is 9.38. The SMILES string of the molecule is O=S(=O)(NC1CCCCCC1)c1cn(Cc2ccccc2)nc1-c1ccccc1. The molecule has 6 heteroatoms. The van der Waals surface area contributed by atoms with Crippen LogP contribution in [0.4, 0.5) is 0 Å². The molecular weight excluding hydrogens is 382 g/mol. The Labute approximate surface area is 172 Å². The van der Waals surface area contributed by atoms with E-state index in [0.717, 1.165) is 36.8 Å². The number of nitrogens with one attached hydrogen (secondary N) is 1. The summed E-state index contributed by atoms with van der Waals surface area (Å²) in [6.45, 7) is 0.527. The van der Waals surface area contributed by atoms with Gasteiger partial charge in [-0.2, -0.15) is 5.10 Å².